The third kappa shape index (κ3) is 5.43. The molecule has 3 heteroatoms. The van der Waals surface area contributed by atoms with Gasteiger partial charge in [0, 0.05) is 19.0 Å². The van der Waals surface area contributed by atoms with Gasteiger partial charge in [0.25, 0.3) is 0 Å². The lowest BCUT2D eigenvalue weighted by Gasteiger charge is -1.99. The maximum absolute atomic E-state index is 9.68. The molecule has 0 aliphatic heterocycles. The highest BCUT2D eigenvalue weighted by Gasteiger charge is 1.83. The van der Waals surface area contributed by atoms with E-state index >= 15 is 0 Å². The Hall–Kier alpha value is -0.570. The van der Waals surface area contributed by atoms with E-state index in [-0.39, 0.29) is 13.0 Å². The molecule has 0 aromatic rings. The topological polar surface area (TPSA) is 49.4 Å². The van der Waals surface area contributed by atoms with Crippen molar-refractivity contribution < 1.29 is 14.6 Å². The molecule has 0 bridgehead atoms. The minimum Gasteiger partial charge on any atom is -0.550 e. The second kappa shape index (κ2) is 4.59. The highest BCUT2D eigenvalue weighted by molar-refractivity contribution is 5.64. The van der Waals surface area contributed by atoms with Crippen molar-refractivity contribution in [3.8, 4) is 0 Å². The molecule has 0 rings (SSSR count). The Balaban J connectivity index is 2.82. The predicted octanol–water partition coefficient (Wildman–Crippen LogP) is -0.837. The Labute approximate surface area is 48.3 Å². The summed E-state index contributed by atoms with van der Waals surface area (Å²) < 4.78 is 4.72. The van der Waals surface area contributed by atoms with E-state index in [2.05, 4.69) is 0 Å². The first-order valence-corrected chi connectivity index (χ1v) is 2.55. The SMILES string of the molecule is CCOCCC(=O)[O-]. The van der Waals surface area contributed by atoms with Gasteiger partial charge in [-0.3, -0.25) is 0 Å². The zero-order chi connectivity index (χ0) is 6.41. The zero-order valence-corrected chi connectivity index (χ0v) is 4.85. The average molecular weight is 117 g/mol. The van der Waals surface area contributed by atoms with Crippen LogP contribution in [0.25, 0.3) is 0 Å². The van der Waals surface area contributed by atoms with Gasteiger partial charge < -0.3 is 14.6 Å². The minimum atomic E-state index is -1.06. The van der Waals surface area contributed by atoms with Gasteiger partial charge >= 0.3 is 0 Å². The van der Waals surface area contributed by atoms with Crippen molar-refractivity contribution in [3.63, 3.8) is 0 Å². The largest absolute Gasteiger partial charge is 0.550 e. The Morgan fingerprint density at radius 2 is 2.38 bits per heavy atom. The molecule has 0 aromatic carbocycles. The lowest BCUT2D eigenvalue weighted by molar-refractivity contribution is -0.306. The molecule has 8 heavy (non-hydrogen) atoms. The van der Waals surface area contributed by atoms with Gasteiger partial charge in [0.1, 0.15) is 0 Å². The fraction of sp³-hybridized carbons (Fsp3) is 0.800. The van der Waals surface area contributed by atoms with Gasteiger partial charge in [-0.25, -0.2) is 0 Å². The smallest absolute Gasteiger partial charge is 0.0518 e. The summed E-state index contributed by atoms with van der Waals surface area (Å²) in [7, 11) is 0. The lowest BCUT2D eigenvalue weighted by atomic mass is 10.5. The van der Waals surface area contributed by atoms with Crippen LogP contribution in [0.15, 0.2) is 0 Å². The zero-order valence-electron chi connectivity index (χ0n) is 4.85. The maximum Gasteiger partial charge on any atom is 0.0518 e. The fourth-order valence-electron chi connectivity index (χ4n) is 0.300. The predicted molar refractivity (Wildman–Crippen MR) is 26.1 cm³/mol. The van der Waals surface area contributed by atoms with Gasteiger partial charge in [0.15, 0.2) is 0 Å². The van der Waals surface area contributed by atoms with E-state index in [1.54, 1.807) is 0 Å². The molecule has 0 aromatic heterocycles. The molecule has 0 saturated heterocycles. The van der Waals surface area contributed by atoms with Crippen LogP contribution in [0.2, 0.25) is 0 Å². The highest BCUT2D eigenvalue weighted by Crippen LogP contribution is 1.77. The molecule has 3 nitrogen and oxygen atoms in total. The monoisotopic (exact) mass is 117 g/mol. The lowest BCUT2D eigenvalue weighted by Crippen LogP contribution is -2.23. The molecule has 0 unspecified atom stereocenters. The number of carbonyl (C=O) groups excluding carboxylic acids is 1. The number of hydrogen-bond acceptors (Lipinski definition) is 3. The average Bonchev–Trinajstić information content (AvgIpc) is 1.66. The normalized spacial score (nSPS) is 9.12. The molecule has 0 spiro atoms. The second-order valence-electron chi connectivity index (χ2n) is 1.32. The quantitative estimate of drug-likeness (QED) is 0.451. The fourth-order valence-corrected chi connectivity index (χ4v) is 0.300. The Morgan fingerprint density at radius 3 is 2.75 bits per heavy atom. The van der Waals surface area contributed by atoms with Gasteiger partial charge in [-0.2, -0.15) is 0 Å². The Morgan fingerprint density at radius 1 is 1.75 bits per heavy atom. The van der Waals surface area contributed by atoms with Crippen molar-refractivity contribution in [2.24, 2.45) is 0 Å². The first-order chi connectivity index (χ1) is 3.77. The first-order valence-electron chi connectivity index (χ1n) is 2.55. The number of rotatable bonds is 4. The van der Waals surface area contributed by atoms with Crippen LogP contribution in [0.1, 0.15) is 13.3 Å². The van der Waals surface area contributed by atoms with Crippen molar-refractivity contribution in [1.29, 1.82) is 0 Å². The molecule has 0 radical (unpaired) electrons. The standard InChI is InChI=1S/C5H10O3/c1-2-8-4-3-5(6)7/h2-4H2,1H3,(H,6,7)/p-1. The molecular weight excluding hydrogens is 108 g/mol. The van der Waals surface area contributed by atoms with Crippen LogP contribution in [-0.2, 0) is 9.53 Å². The summed E-state index contributed by atoms with van der Waals surface area (Å²) in [4.78, 5) is 9.68. The first kappa shape index (κ1) is 7.43. The molecule has 0 amide bonds. The van der Waals surface area contributed by atoms with Crippen molar-refractivity contribution in [2.75, 3.05) is 13.2 Å². The van der Waals surface area contributed by atoms with E-state index < -0.39 is 5.97 Å². The number of carbonyl (C=O) groups is 1. The number of carboxylic acids is 1. The molecule has 0 aliphatic rings. The number of carboxylic acid groups (broad SMARTS) is 1. The third-order valence-electron chi connectivity index (χ3n) is 0.655. The van der Waals surface area contributed by atoms with Gasteiger partial charge in [0.2, 0.25) is 0 Å². The molecular formula is C5H9O3-. The second-order valence-corrected chi connectivity index (χ2v) is 1.32. The van der Waals surface area contributed by atoms with Crippen molar-refractivity contribution in [3.05, 3.63) is 0 Å². The molecule has 0 atom stereocenters. The summed E-state index contributed by atoms with van der Waals surface area (Å²) >= 11 is 0. The number of ether oxygens (including phenoxy) is 1. The van der Waals surface area contributed by atoms with Crippen LogP contribution in [0.5, 0.6) is 0 Å². The molecule has 48 valence electrons. The van der Waals surface area contributed by atoms with Crippen molar-refractivity contribution in [2.45, 2.75) is 13.3 Å². The maximum atomic E-state index is 9.68. The summed E-state index contributed by atoms with van der Waals surface area (Å²) in [5.74, 6) is -1.06. The van der Waals surface area contributed by atoms with E-state index in [4.69, 9.17) is 4.74 Å². The summed E-state index contributed by atoms with van der Waals surface area (Å²) in [6, 6.07) is 0. The summed E-state index contributed by atoms with van der Waals surface area (Å²) in [5.41, 5.74) is 0. The Kier molecular flexibility index (Phi) is 4.26. The molecule has 0 aliphatic carbocycles. The third-order valence-corrected chi connectivity index (χ3v) is 0.655. The van der Waals surface area contributed by atoms with E-state index in [9.17, 15) is 9.90 Å². The summed E-state index contributed by atoms with van der Waals surface area (Å²) in [5, 5.41) is 9.68. The summed E-state index contributed by atoms with van der Waals surface area (Å²) in [6.45, 7) is 2.64. The Bertz CT molecular complexity index is 70.1. The number of hydrogen-bond donors (Lipinski definition) is 0. The van der Waals surface area contributed by atoms with E-state index in [1.807, 2.05) is 6.92 Å². The van der Waals surface area contributed by atoms with E-state index in [1.165, 1.54) is 0 Å². The molecule has 0 saturated carbocycles. The van der Waals surface area contributed by atoms with Crippen LogP contribution in [0, 0.1) is 0 Å². The van der Waals surface area contributed by atoms with Gasteiger partial charge in [0.05, 0.1) is 6.61 Å². The van der Waals surface area contributed by atoms with Crippen LogP contribution in [0.3, 0.4) is 0 Å². The van der Waals surface area contributed by atoms with Gasteiger partial charge in [-0.1, -0.05) is 0 Å². The molecule has 0 N–H and O–H groups in total. The van der Waals surface area contributed by atoms with Crippen LogP contribution in [-0.4, -0.2) is 19.2 Å². The van der Waals surface area contributed by atoms with Gasteiger partial charge in [-0.15, -0.1) is 0 Å². The highest BCUT2D eigenvalue weighted by atomic mass is 16.5. The molecule has 0 heterocycles. The summed E-state index contributed by atoms with van der Waals surface area (Å²) in [6.07, 6.45) is -0.00611. The van der Waals surface area contributed by atoms with E-state index in [0.717, 1.165) is 0 Å². The van der Waals surface area contributed by atoms with Crippen molar-refractivity contribution >= 4 is 5.97 Å². The minimum absolute atomic E-state index is 0.00611. The number of aliphatic carboxylic acids is 1. The molecule has 0 fully saturated rings. The van der Waals surface area contributed by atoms with Crippen LogP contribution >= 0.6 is 0 Å². The van der Waals surface area contributed by atoms with Crippen molar-refractivity contribution in [1.82, 2.24) is 0 Å². The van der Waals surface area contributed by atoms with E-state index in [0.29, 0.717) is 6.61 Å². The van der Waals surface area contributed by atoms with Gasteiger partial charge in [-0.05, 0) is 6.92 Å². The van der Waals surface area contributed by atoms with Crippen LogP contribution < -0.4 is 5.11 Å². The van der Waals surface area contributed by atoms with Crippen LogP contribution in [0.4, 0.5) is 0 Å².